The molecule has 3 fully saturated rings. The van der Waals surface area contributed by atoms with Crippen molar-refractivity contribution in [3.05, 3.63) is 23.8 Å². The molecule has 2 saturated carbocycles. The van der Waals surface area contributed by atoms with Crippen LogP contribution < -0.4 is 15.5 Å². The summed E-state index contributed by atoms with van der Waals surface area (Å²) in [5.41, 5.74) is 2.46. The third kappa shape index (κ3) is 5.12. The Hall–Kier alpha value is -2.04. The first-order valence-electron chi connectivity index (χ1n) is 11.7. The van der Waals surface area contributed by atoms with Crippen molar-refractivity contribution in [2.45, 2.75) is 83.1 Å². The topological polar surface area (TPSA) is 61.4 Å². The number of carbonyl (C=O) groups excluding carboxylic acids is 2. The van der Waals surface area contributed by atoms with Crippen LogP contribution >= 0.6 is 0 Å². The highest BCUT2D eigenvalue weighted by Crippen LogP contribution is 2.30. The normalized spacial score (nSPS) is 21.2. The molecule has 29 heavy (non-hydrogen) atoms. The highest BCUT2D eigenvalue weighted by molar-refractivity contribution is 6.02. The predicted octanol–water partition coefficient (Wildman–Crippen LogP) is 4.87. The molecular formula is C24H35N3O2. The molecule has 0 spiro atoms. The van der Waals surface area contributed by atoms with Gasteiger partial charge in [-0.2, -0.15) is 0 Å². The molecule has 5 heteroatoms. The number of anilines is 2. The van der Waals surface area contributed by atoms with Crippen LogP contribution in [0.3, 0.4) is 0 Å². The van der Waals surface area contributed by atoms with E-state index in [-0.39, 0.29) is 23.8 Å². The lowest BCUT2D eigenvalue weighted by Gasteiger charge is -2.26. The molecule has 4 rings (SSSR count). The van der Waals surface area contributed by atoms with Crippen molar-refractivity contribution in [2.75, 3.05) is 23.3 Å². The maximum Gasteiger partial charge on any atom is 0.253 e. The molecule has 2 aliphatic carbocycles. The van der Waals surface area contributed by atoms with Crippen molar-refractivity contribution < 1.29 is 9.59 Å². The van der Waals surface area contributed by atoms with E-state index in [9.17, 15) is 9.59 Å². The van der Waals surface area contributed by atoms with Gasteiger partial charge in [0, 0.05) is 36.4 Å². The molecule has 0 atom stereocenters. The van der Waals surface area contributed by atoms with E-state index in [0.29, 0.717) is 5.56 Å². The number of nitrogens with zero attached hydrogens (tertiary/aromatic N) is 1. The van der Waals surface area contributed by atoms with Crippen LogP contribution in [0.15, 0.2) is 18.2 Å². The summed E-state index contributed by atoms with van der Waals surface area (Å²) in [6.45, 7) is 2.00. The van der Waals surface area contributed by atoms with Gasteiger partial charge in [0.15, 0.2) is 0 Å². The Balaban J connectivity index is 1.51. The molecule has 1 heterocycles. The second kappa shape index (κ2) is 9.64. The van der Waals surface area contributed by atoms with E-state index in [2.05, 4.69) is 15.5 Å². The Morgan fingerprint density at radius 2 is 1.48 bits per heavy atom. The van der Waals surface area contributed by atoms with E-state index in [1.807, 2.05) is 18.2 Å². The molecule has 1 aromatic rings. The summed E-state index contributed by atoms with van der Waals surface area (Å²) in [6.07, 6.45) is 13.6. The summed E-state index contributed by atoms with van der Waals surface area (Å²) in [5, 5.41) is 6.36. The van der Waals surface area contributed by atoms with Gasteiger partial charge in [-0.3, -0.25) is 9.59 Å². The van der Waals surface area contributed by atoms with Crippen LogP contribution in [0.2, 0.25) is 0 Å². The lowest BCUT2D eigenvalue weighted by atomic mass is 9.88. The van der Waals surface area contributed by atoms with Crippen molar-refractivity contribution in [3.63, 3.8) is 0 Å². The van der Waals surface area contributed by atoms with Crippen LogP contribution in [0.4, 0.5) is 11.4 Å². The van der Waals surface area contributed by atoms with Gasteiger partial charge in [-0.15, -0.1) is 0 Å². The number of benzene rings is 1. The summed E-state index contributed by atoms with van der Waals surface area (Å²) in [6, 6.07) is 6.17. The molecule has 3 aliphatic rings. The lowest BCUT2D eigenvalue weighted by molar-refractivity contribution is -0.120. The third-order valence-corrected chi connectivity index (χ3v) is 6.87. The Morgan fingerprint density at radius 1 is 0.828 bits per heavy atom. The zero-order valence-electron chi connectivity index (χ0n) is 17.5. The smallest absolute Gasteiger partial charge is 0.253 e. The average Bonchev–Trinajstić information content (AvgIpc) is 3.30. The molecule has 2 N–H and O–H groups in total. The minimum Gasteiger partial charge on any atom is -0.371 e. The lowest BCUT2D eigenvalue weighted by Crippen LogP contribution is -2.37. The number of hydrogen-bond acceptors (Lipinski definition) is 3. The van der Waals surface area contributed by atoms with Crippen molar-refractivity contribution in [3.8, 4) is 0 Å². The molecule has 0 bridgehead atoms. The summed E-state index contributed by atoms with van der Waals surface area (Å²) in [5.74, 6) is 0.228. The van der Waals surface area contributed by atoms with E-state index in [0.717, 1.165) is 63.0 Å². The van der Waals surface area contributed by atoms with Gasteiger partial charge in [-0.05, 0) is 56.7 Å². The molecule has 1 saturated heterocycles. The Kier molecular flexibility index (Phi) is 6.73. The van der Waals surface area contributed by atoms with Gasteiger partial charge in [0.05, 0.1) is 5.56 Å². The highest BCUT2D eigenvalue weighted by Gasteiger charge is 2.25. The first-order chi connectivity index (χ1) is 14.2. The fourth-order valence-corrected chi connectivity index (χ4v) is 5.15. The maximum absolute atomic E-state index is 13.2. The summed E-state index contributed by atoms with van der Waals surface area (Å²) in [7, 11) is 0. The molecule has 0 unspecified atom stereocenters. The quantitative estimate of drug-likeness (QED) is 0.745. The summed E-state index contributed by atoms with van der Waals surface area (Å²) < 4.78 is 0. The minimum absolute atomic E-state index is 0.00700. The van der Waals surface area contributed by atoms with E-state index in [1.54, 1.807) is 0 Å². The molecule has 1 aliphatic heterocycles. The highest BCUT2D eigenvalue weighted by atomic mass is 16.2. The van der Waals surface area contributed by atoms with Crippen LogP contribution in [0.5, 0.6) is 0 Å². The number of carbonyl (C=O) groups is 2. The van der Waals surface area contributed by atoms with E-state index in [4.69, 9.17) is 0 Å². The van der Waals surface area contributed by atoms with Crippen molar-refractivity contribution in [1.82, 2.24) is 5.32 Å². The predicted molar refractivity (Wildman–Crippen MR) is 117 cm³/mol. The van der Waals surface area contributed by atoms with Crippen molar-refractivity contribution in [1.29, 1.82) is 0 Å². The number of nitrogens with one attached hydrogen (secondary N) is 2. The van der Waals surface area contributed by atoms with Gasteiger partial charge >= 0.3 is 0 Å². The van der Waals surface area contributed by atoms with Gasteiger partial charge in [-0.1, -0.05) is 38.5 Å². The second-order valence-electron chi connectivity index (χ2n) is 9.06. The molecule has 0 radical (unpaired) electrons. The fraction of sp³-hybridized carbons (Fsp3) is 0.667. The van der Waals surface area contributed by atoms with Crippen LogP contribution in [0.1, 0.15) is 87.4 Å². The van der Waals surface area contributed by atoms with E-state index >= 15 is 0 Å². The SMILES string of the molecule is O=C(NC1CCCCC1)c1cc(NC(=O)C2CCCCC2)ccc1N1CCCC1. The molecular weight excluding hydrogens is 362 g/mol. The van der Waals surface area contributed by atoms with Gasteiger partial charge in [0.2, 0.25) is 5.91 Å². The molecule has 158 valence electrons. The zero-order chi connectivity index (χ0) is 20.1. The third-order valence-electron chi connectivity index (χ3n) is 6.87. The molecule has 5 nitrogen and oxygen atoms in total. The van der Waals surface area contributed by atoms with Crippen LogP contribution in [-0.4, -0.2) is 30.9 Å². The summed E-state index contributed by atoms with van der Waals surface area (Å²) in [4.78, 5) is 28.2. The minimum atomic E-state index is 0.00700. The Morgan fingerprint density at radius 3 is 2.17 bits per heavy atom. The number of amides is 2. The fourth-order valence-electron chi connectivity index (χ4n) is 5.15. The first-order valence-corrected chi connectivity index (χ1v) is 11.7. The number of rotatable bonds is 5. The average molecular weight is 398 g/mol. The maximum atomic E-state index is 13.2. The Labute approximate surface area is 174 Å². The van der Waals surface area contributed by atoms with Gasteiger partial charge in [-0.25, -0.2) is 0 Å². The largest absolute Gasteiger partial charge is 0.371 e. The Bertz CT molecular complexity index is 715. The monoisotopic (exact) mass is 397 g/mol. The van der Waals surface area contributed by atoms with Gasteiger partial charge in [0.25, 0.3) is 5.91 Å². The molecule has 2 amide bonds. The van der Waals surface area contributed by atoms with Gasteiger partial charge < -0.3 is 15.5 Å². The molecule has 1 aromatic carbocycles. The molecule has 0 aromatic heterocycles. The number of hydrogen-bond donors (Lipinski definition) is 2. The zero-order valence-corrected chi connectivity index (χ0v) is 17.5. The second-order valence-corrected chi connectivity index (χ2v) is 9.06. The van der Waals surface area contributed by atoms with E-state index < -0.39 is 0 Å². The summed E-state index contributed by atoms with van der Waals surface area (Å²) >= 11 is 0. The van der Waals surface area contributed by atoms with Crippen LogP contribution in [-0.2, 0) is 4.79 Å². The van der Waals surface area contributed by atoms with Crippen molar-refractivity contribution in [2.24, 2.45) is 5.92 Å². The van der Waals surface area contributed by atoms with Crippen LogP contribution in [0.25, 0.3) is 0 Å². The van der Waals surface area contributed by atoms with E-state index in [1.165, 1.54) is 38.5 Å². The van der Waals surface area contributed by atoms with Crippen molar-refractivity contribution >= 4 is 23.2 Å². The standard InChI is InChI=1S/C24H35N3O2/c28-23(18-9-3-1-4-10-18)26-20-13-14-22(27-15-7-8-16-27)21(17-20)24(29)25-19-11-5-2-6-12-19/h13-14,17-19H,1-12,15-16H2,(H,25,29)(H,26,28). The van der Waals surface area contributed by atoms with Crippen LogP contribution in [0, 0.1) is 5.92 Å². The van der Waals surface area contributed by atoms with Gasteiger partial charge in [0.1, 0.15) is 0 Å². The first kappa shape index (κ1) is 20.2.